The van der Waals surface area contributed by atoms with Gasteiger partial charge in [-0.1, -0.05) is 13.8 Å². The fourth-order valence-corrected chi connectivity index (χ4v) is 2.38. The first-order valence-electron chi connectivity index (χ1n) is 6.73. The van der Waals surface area contributed by atoms with Crippen molar-refractivity contribution >= 4 is 11.2 Å². The highest BCUT2D eigenvalue weighted by Gasteiger charge is 2.18. The van der Waals surface area contributed by atoms with Crippen LogP contribution in [0.2, 0.25) is 0 Å². The van der Waals surface area contributed by atoms with E-state index >= 15 is 0 Å². The lowest BCUT2D eigenvalue weighted by Crippen LogP contribution is -2.37. The lowest BCUT2D eigenvalue weighted by atomic mass is 10.1. The van der Waals surface area contributed by atoms with Crippen molar-refractivity contribution in [1.29, 1.82) is 0 Å². The lowest BCUT2D eigenvalue weighted by Gasteiger charge is -2.09. The second kappa shape index (κ2) is 5.24. The van der Waals surface area contributed by atoms with Crippen LogP contribution in [0, 0.1) is 5.92 Å². The molecule has 2 N–H and O–H groups in total. The first-order valence-corrected chi connectivity index (χ1v) is 6.73. The standard InChI is InChI=1S/C13H21N5O2/c1-8(2)7-9-15-11-10(18(9)6-5-14)12(19)17(4)13(20)16(11)3/h8H,5-7,14H2,1-4H3. The summed E-state index contributed by atoms with van der Waals surface area (Å²) in [5, 5.41) is 0. The Kier molecular flexibility index (Phi) is 3.80. The van der Waals surface area contributed by atoms with E-state index in [2.05, 4.69) is 18.8 Å². The van der Waals surface area contributed by atoms with Gasteiger partial charge in [-0.2, -0.15) is 0 Å². The van der Waals surface area contributed by atoms with Crippen LogP contribution in [0.15, 0.2) is 9.59 Å². The number of imidazole rings is 1. The molecule has 0 aliphatic rings. The second-order valence-electron chi connectivity index (χ2n) is 5.44. The van der Waals surface area contributed by atoms with Gasteiger partial charge in [-0.05, 0) is 5.92 Å². The molecule has 0 atom stereocenters. The predicted molar refractivity (Wildman–Crippen MR) is 77.8 cm³/mol. The Hall–Kier alpha value is -1.89. The molecule has 7 nitrogen and oxygen atoms in total. The molecule has 2 aromatic rings. The minimum atomic E-state index is -0.365. The minimum absolute atomic E-state index is 0.320. The molecule has 110 valence electrons. The van der Waals surface area contributed by atoms with E-state index in [0.717, 1.165) is 16.8 Å². The van der Waals surface area contributed by atoms with Crippen molar-refractivity contribution < 1.29 is 0 Å². The summed E-state index contributed by atoms with van der Waals surface area (Å²) in [6.07, 6.45) is 0.742. The van der Waals surface area contributed by atoms with E-state index < -0.39 is 0 Å². The first kappa shape index (κ1) is 14.5. The minimum Gasteiger partial charge on any atom is -0.329 e. The fraction of sp³-hybridized carbons (Fsp3) is 0.615. The highest BCUT2D eigenvalue weighted by Crippen LogP contribution is 2.14. The van der Waals surface area contributed by atoms with Crippen LogP contribution in [0.5, 0.6) is 0 Å². The normalized spacial score (nSPS) is 11.7. The Morgan fingerprint density at radius 1 is 1.20 bits per heavy atom. The van der Waals surface area contributed by atoms with Gasteiger partial charge in [0.15, 0.2) is 11.2 Å². The molecular weight excluding hydrogens is 258 g/mol. The van der Waals surface area contributed by atoms with E-state index in [-0.39, 0.29) is 11.2 Å². The number of aromatic nitrogens is 4. The molecule has 0 saturated heterocycles. The molecule has 0 radical (unpaired) electrons. The number of hydrogen-bond donors (Lipinski definition) is 1. The molecule has 0 unspecified atom stereocenters. The predicted octanol–water partition coefficient (Wildman–Crippen LogP) is -0.409. The molecular formula is C13H21N5O2. The van der Waals surface area contributed by atoms with Gasteiger partial charge in [0.05, 0.1) is 0 Å². The van der Waals surface area contributed by atoms with Gasteiger partial charge in [0.2, 0.25) is 0 Å². The van der Waals surface area contributed by atoms with Crippen molar-refractivity contribution in [1.82, 2.24) is 18.7 Å². The molecule has 0 fully saturated rings. The molecule has 0 amide bonds. The second-order valence-corrected chi connectivity index (χ2v) is 5.44. The smallest absolute Gasteiger partial charge is 0.329 e. The molecule has 2 aromatic heterocycles. The number of nitrogens with two attached hydrogens (primary N) is 1. The summed E-state index contributed by atoms with van der Waals surface area (Å²) >= 11 is 0. The van der Waals surface area contributed by atoms with Crippen molar-refractivity contribution in [3.05, 3.63) is 26.7 Å². The highest BCUT2D eigenvalue weighted by atomic mass is 16.2. The van der Waals surface area contributed by atoms with Gasteiger partial charge >= 0.3 is 5.69 Å². The van der Waals surface area contributed by atoms with E-state index in [1.807, 2.05) is 4.57 Å². The summed E-state index contributed by atoms with van der Waals surface area (Å²) < 4.78 is 4.36. The zero-order valence-electron chi connectivity index (χ0n) is 12.4. The van der Waals surface area contributed by atoms with Crippen LogP contribution in [0.4, 0.5) is 0 Å². The molecule has 20 heavy (non-hydrogen) atoms. The van der Waals surface area contributed by atoms with Gasteiger partial charge in [0.1, 0.15) is 5.82 Å². The van der Waals surface area contributed by atoms with Crippen molar-refractivity contribution in [2.75, 3.05) is 6.54 Å². The summed E-state index contributed by atoms with van der Waals surface area (Å²) in [6.45, 7) is 5.11. The van der Waals surface area contributed by atoms with Crippen LogP contribution in [-0.4, -0.2) is 25.2 Å². The SMILES string of the molecule is CC(C)Cc1nc2c(c(=O)n(C)c(=O)n2C)n1CCN. The highest BCUT2D eigenvalue weighted by molar-refractivity contribution is 5.71. The molecule has 7 heteroatoms. The zero-order chi connectivity index (χ0) is 15.0. The summed E-state index contributed by atoms with van der Waals surface area (Å²) in [6, 6.07) is 0. The van der Waals surface area contributed by atoms with Crippen LogP contribution in [0.3, 0.4) is 0 Å². The third kappa shape index (κ3) is 2.18. The van der Waals surface area contributed by atoms with Gasteiger partial charge in [-0.25, -0.2) is 9.78 Å². The van der Waals surface area contributed by atoms with Crippen molar-refractivity contribution in [3.63, 3.8) is 0 Å². The number of rotatable bonds is 4. The summed E-state index contributed by atoms with van der Waals surface area (Å²) in [5.41, 5.74) is 5.84. The van der Waals surface area contributed by atoms with E-state index in [1.165, 1.54) is 11.6 Å². The van der Waals surface area contributed by atoms with Gasteiger partial charge in [0, 0.05) is 33.6 Å². The van der Waals surface area contributed by atoms with Gasteiger partial charge in [0.25, 0.3) is 5.56 Å². The van der Waals surface area contributed by atoms with Gasteiger partial charge in [-0.3, -0.25) is 13.9 Å². The van der Waals surface area contributed by atoms with Crippen LogP contribution in [0.1, 0.15) is 19.7 Å². The summed E-state index contributed by atoms with van der Waals surface area (Å²) in [4.78, 5) is 28.8. The van der Waals surface area contributed by atoms with Crippen LogP contribution >= 0.6 is 0 Å². The average molecular weight is 279 g/mol. The third-order valence-electron chi connectivity index (χ3n) is 3.37. The maximum absolute atomic E-state index is 12.3. The quantitative estimate of drug-likeness (QED) is 0.824. The molecule has 0 saturated carbocycles. The van der Waals surface area contributed by atoms with Crippen molar-refractivity contribution in [2.45, 2.75) is 26.8 Å². The Bertz CT molecular complexity index is 751. The number of nitrogens with zero attached hydrogens (tertiary/aromatic N) is 4. The van der Waals surface area contributed by atoms with Crippen LogP contribution < -0.4 is 17.0 Å². The van der Waals surface area contributed by atoms with E-state index in [9.17, 15) is 9.59 Å². The molecule has 0 aliphatic heterocycles. The molecule has 2 heterocycles. The Morgan fingerprint density at radius 3 is 2.40 bits per heavy atom. The Morgan fingerprint density at radius 2 is 1.85 bits per heavy atom. The fourth-order valence-electron chi connectivity index (χ4n) is 2.38. The average Bonchev–Trinajstić information content (AvgIpc) is 2.73. The topological polar surface area (TPSA) is 87.8 Å². The summed E-state index contributed by atoms with van der Waals surface area (Å²) in [7, 11) is 3.11. The van der Waals surface area contributed by atoms with Gasteiger partial charge in [-0.15, -0.1) is 0 Å². The summed E-state index contributed by atoms with van der Waals surface area (Å²) in [5.74, 6) is 1.21. The van der Waals surface area contributed by atoms with Crippen molar-refractivity contribution in [2.24, 2.45) is 25.7 Å². The third-order valence-corrected chi connectivity index (χ3v) is 3.37. The van der Waals surface area contributed by atoms with Crippen molar-refractivity contribution in [3.8, 4) is 0 Å². The number of aryl methyl sites for hydroxylation is 1. The van der Waals surface area contributed by atoms with E-state index in [1.54, 1.807) is 7.05 Å². The lowest BCUT2D eigenvalue weighted by molar-refractivity contribution is 0.580. The van der Waals surface area contributed by atoms with Crippen LogP contribution in [0.25, 0.3) is 11.2 Å². The molecule has 0 aliphatic carbocycles. The Balaban J connectivity index is 2.88. The molecule has 0 spiro atoms. The molecule has 0 bridgehead atoms. The zero-order valence-corrected chi connectivity index (χ0v) is 12.4. The van der Waals surface area contributed by atoms with E-state index in [0.29, 0.717) is 30.2 Å². The molecule has 0 aromatic carbocycles. The first-order chi connectivity index (χ1) is 9.38. The van der Waals surface area contributed by atoms with Crippen LogP contribution in [-0.2, 0) is 27.1 Å². The monoisotopic (exact) mass is 279 g/mol. The maximum atomic E-state index is 12.3. The number of hydrogen-bond acceptors (Lipinski definition) is 4. The van der Waals surface area contributed by atoms with E-state index in [4.69, 9.17) is 5.73 Å². The molecule has 2 rings (SSSR count). The van der Waals surface area contributed by atoms with Gasteiger partial charge < -0.3 is 10.3 Å². The Labute approximate surface area is 116 Å². The number of fused-ring (bicyclic) bond motifs is 1. The largest absolute Gasteiger partial charge is 0.332 e. The maximum Gasteiger partial charge on any atom is 0.332 e.